The Morgan fingerprint density at radius 2 is 0.545 bits per heavy atom. The van der Waals surface area contributed by atoms with E-state index in [2.05, 4.69) is 0 Å². The summed E-state index contributed by atoms with van der Waals surface area (Å²) >= 11 is 0. The standard InChI is InChI=1S/5CH4.HI.3K.2H2S.2H/h5*1H4;1H;;;;2*1H2;;/q;;;;;;3*+1;;;2*-1/p-1. The van der Waals surface area contributed by atoms with Crippen LogP contribution in [0.5, 0.6) is 0 Å². The zero-order valence-corrected chi connectivity index (χ0v) is 17.9. The summed E-state index contributed by atoms with van der Waals surface area (Å²) in [7, 11) is 0. The smallest absolute Gasteiger partial charge is 1.00 e. The van der Waals surface area contributed by atoms with Crippen LogP contribution in [0.25, 0.3) is 0 Å². The van der Waals surface area contributed by atoms with E-state index in [1.54, 1.807) is 0 Å². The quantitative estimate of drug-likeness (QED) is 0.171. The molecule has 0 N–H and O–H groups in total. The molecule has 0 aromatic carbocycles. The van der Waals surface area contributed by atoms with E-state index in [9.17, 15) is 0 Å². The van der Waals surface area contributed by atoms with Crippen LogP contribution in [-0.2, 0) is 13.5 Å². The molecule has 0 unspecified atom stereocenters. The summed E-state index contributed by atoms with van der Waals surface area (Å²) in [6, 6.07) is 0. The van der Waals surface area contributed by atoms with Gasteiger partial charge in [-0.05, 0) is 0 Å². The average molecular weight is 395 g/mol. The first-order valence-electron chi connectivity index (χ1n) is 0. The van der Waals surface area contributed by atoms with Gasteiger partial charge < -0.3 is 16.3 Å². The molecular formula is C5H26IK3S2. The zero-order chi connectivity index (χ0) is 0. The predicted molar refractivity (Wildman–Crippen MR) is 70.4 cm³/mol. The van der Waals surface area contributed by atoms with E-state index >= 15 is 0 Å². The van der Waals surface area contributed by atoms with Crippen LogP contribution in [-0.4, -0.2) is 0 Å². The Balaban J connectivity index is 0. The van der Waals surface area contributed by atoms with Crippen molar-refractivity contribution >= 4 is 51.0 Å². The van der Waals surface area contributed by atoms with Gasteiger partial charge in [0, 0.05) is 0 Å². The molecule has 0 aromatic rings. The molecular weight excluding hydrogens is 368 g/mol. The maximum Gasteiger partial charge on any atom is 1.00 e. The van der Waals surface area contributed by atoms with Gasteiger partial charge in [-0.15, -0.1) is 24.0 Å². The third kappa shape index (κ3) is 83.6. The third-order valence-corrected chi connectivity index (χ3v) is 0. The largest absolute Gasteiger partial charge is 1.00 e. The van der Waals surface area contributed by atoms with Gasteiger partial charge in [-0.2, -0.15) is 13.5 Å². The normalized spacial score (nSPS) is 0. The van der Waals surface area contributed by atoms with Gasteiger partial charge in [0.25, 0.3) is 0 Å². The maximum absolute atomic E-state index is 0. The first kappa shape index (κ1) is 115. The number of thiol groups is 1. The molecule has 11 heavy (non-hydrogen) atoms. The second-order valence-electron chi connectivity index (χ2n) is 0. The van der Waals surface area contributed by atoms with E-state index < -0.39 is 0 Å². The van der Waals surface area contributed by atoms with Gasteiger partial charge >= 0.3 is 154 Å². The third-order valence-electron chi connectivity index (χ3n) is 0. The molecule has 0 radical (unpaired) electrons. The van der Waals surface area contributed by atoms with Crippen LogP contribution in [0, 0.1) is 0 Å². The minimum atomic E-state index is 0. The second kappa shape index (κ2) is 95.7. The van der Waals surface area contributed by atoms with Crippen LogP contribution >= 0.6 is 37.5 Å². The van der Waals surface area contributed by atoms with E-state index in [1.807, 2.05) is 0 Å². The number of hydrogen-bond donors (Lipinski definition) is 0. The maximum atomic E-state index is 0. The Morgan fingerprint density at radius 1 is 0.545 bits per heavy atom. The summed E-state index contributed by atoms with van der Waals surface area (Å²) < 4.78 is 0. The Kier molecular flexibility index (Phi) is 1000. The average Bonchev–Trinajstić information content (AvgIpc) is 0. The summed E-state index contributed by atoms with van der Waals surface area (Å²) in [5.41, 5.74) is 0. The summed E-state index contributed by atoms with van der Waals surface area (Å²) in [6.07, 6.45) is 0. The Morgan fingerprint density at radius 3 is 0.545 bits per heavy atom. The van der Waals surface area contributed by atoms with Crippen LogP contribution in [0.4, 0.5) is 0 Å². The van der Waals surface area contributed by atoms with E-state index in [0.717, 1.165) is 0 Å². The van der Waals surface area contributed by atoms with Crippen molar-refractivity contribution in [3.63, 3.8) is 0 Å². The van der Waals surface area contributed by atoms with E-state index in [-0.39, 0.29) is 245 Å². The van der Waals surface area contributed by atoms with Crippen LogP contribution in [0.15, 0.2) is 0 Å². The molecule has 0 amide bonds. The van der Waals surface area contributed by atoms with Gasteiger partial charge in [-0.3, -0.25) is 0 Å². The fourth-order valence-electron chi connectivity index (χ4n) is 0. The molecule has 68 valence electrons. The molecule has 6 heteroatoms. The monoisotopic (exact) mass is 394 g/mol. The Hall–Kier alpha value is 6.34. The van der Waals surface area contributed by atoms with Crippen molar-refractivity contribution in [1.82, 2.24) is 0 Å². The molecule has 0 aliphatic heterocycles. The molecule has 0 rings (SSSR count). The van der Waals surface area contributed by atoms with Gasteiger partial charge in [0.15, 0.2) is 0 Å². The molecule has 0 aliphatic carbocycles. The van der Waals surface area contributed by atoms with Crippen molar-refractivity contribution in [3.8, 4) is 0 Å². The van der Waals surface area contributed by atoms with Gasteiger partial charge in [0.05, 0.1) is 0 Å². The van der Waals surface area contributed by atoms with Gasteiger partial charge in [0.1, 0.15) is 0 Å². The van der Waals surface area contributed by atoms with Crippen molar-refractivity contribution in [2.75, 3.05) is 0 Å². The minimum absolute atomic E-state index is 0. The van der Waals surface area contributed by atoms with E-state index in [0.29, 0.717) is 0 Å². The molecule has 0 saturated carbocycles. The molecule has 0 atom stereocenters. The van der Waals surface area contributed by atoms with Crippen LogP contribution in [0.2, 0.25) is 0 Å². The zero-order valence-electron chi connectivity index (χ0n) is 6.36. The predicted octanol–water partition coefficient (Wildman–Crippen LogP) is -5.12. The number of halogens is 1. The number of rotatable bonds is 0. The minimum Gasteiger partial charge on any atom is -1.00 e. The first-order valence-corrected chi connectivity index (χ1v) is 0. The summed E-state index contributed by atoms with van der Waals surface area (Å²) in [5, 5.41) is 0. The molecule has 0 bridgehead atoms. The molecule has 0 saturated heterocycles. The van der Waals surface area contributed by atoms with Gasteiger partial charge in [0.2, 0.25) is 0 Å². The number of hydrogen-bond acceptors (Lipinski definition) is 1. The fraction of sp³-hybridized carbons (Fsp3) is 1.00. The van der Waals surface area contributed by atoms with Crippen molar-refractivity contribution in [1.29, 1.82) is 0 Å². The second-order valence-corrected chi connectivity index (χ2v) is 0. The first-order chi connectivity index (χ1) is 0. The van der Waals surface area contributed by atoms with E-state index in [4.69, 9.17) is 0 Å². The summed E-state index contributed by atoms with van der Waals surface area (Å²) in [5.74, 6) is 0. The Bertz CT molecular complexity index is 27.7. The van der Waals surface area contributed by atoms with Crippen LogP contribution < -0.4 is 154 Å². The molecule has 0 aromatic heterocycles. The van der Waals surface area contributed by atoms with E-state index in [1.165, 1.54) is 0 Å². The molecule has 0 fully saturated rings. The summed E-state index contributed by atoms with van der Waals surface area (Å²) in [6.45, 7) is 0. The van der Waals surface area contributed by atoms with Crippen molar-refractivity contribution < 1.29 is 157 Å². The van der Waals surface area contributed by atoms with Gasteiger partial charge in [-0.1, -0.05) is 37.1 Å². The van der Waals surface area contributed by atoms with Crippen LogP contribution in [0.3, 0.4) is 0 Å². The van der Waals surface area contributed by atoms with Crippen molar-refractivity contribution in [2.45, 2.75) is 37.1 Å². The topological polar surface area (TPSA) is 0 Å². The molecule has 0 heterocycles. The van der Waals surface area contributed by atoms with Gasteiger partial charge in [-0.25, -0.2) is 0 Å². The molecule has 0 spiro atoms. The SMILES string of the molecule is C.C.C.C.C.I.S.[H-].[H-].[K+].[K+].[K+].[SH-]. The summed E-state index contributed by atoms with van der Waals surface area (Å²) in [4.78, 5) is 0. The van der Waals surface area contributed by atoms with Crippen molar-refractivity contribution in [3.05, 3.63) is 0 Å². The fourth-order valence-corrected chi connectivity index (χ4v) is 0. The Labute approximate surface area is 237 Å². The van der Waals surface area contributed by atoms with Crippen molar-refractivity contribution in [2.24, 2.45) is 0 Å². The molecule has 0 aliphatic rings. The van der Waals surface area contributed by atoms with Crippen LogP contribution in [0.1, 0.15) is 40.0 Å². The molecule has 0 nitrogen and oxygen atoms in total.